The Hall–Kier alpha value is -3.45. The number of rotatable bonds is 4. The van der Waals surface area contributed by atoms with Gasteiger partial charge in [-0.1, -0.05) is 48.9 Å². The fraction of sp³-hybridized carbons (Fsp3) is 0.308. The van der Waals surface area contributed by atoms with E-state index in [1.165, 1.54) is 15.9 Å². The number of carbonyl (C=O) groups is 4. The Bertz CT molecular complexity index is 1230. The zero-order valence-electron chi connectivity index (χ0n) is 18.5. The summed E-state index contributed by atoms with van der Waals surface area (Å²) in [7, 11) is 0. The fourth-order valence-corrected chi connectivity index (χ4v) is 5.29. The van der Waals surface area contributed by atoms with Crippen molar-refractivity contribution in [1.29, 1.82) is 0 Å². The Morgan fingerprint density at radius 2 is 1.85 bits per heavy atom. The monoisotopic (exact) mass is 478 g/mol. The van der Waals surface area contributed by atoms with Gasteiger partial charge in [-0.25, -0.2) is 4.90 Å². The molecule has 1 aliphatic carbocycles. The van der Waals surface area contributed by atoms with Gasteiger partial charge in [-0.15, -0.1) is 0 Å². The first kappa shape index (κ1) is 22.3. The molecule has 0 N–H and O–H groups in total. The van der Waals surface area contributed by atoms with Gasteiger partial charge < -0.3 is 9.64 Å². The highest BCUT2D eigenvalue weighted by atomic mass is 35.5. The Morgan fingerprint density at radius 1 is 1.06 bits per heavy atom. The van der Waals surface area contributed by atoms with Crippen molar-refractivity contribution in [3.8, 4) is 5.75 Å². The van der Waals surface area contributed by atoms with Crippen molar-refractivity contribution in [3.05, 3.63) is 65.7 Å². The van der Waals surface area contributed by atoms with Crippen LogP contribution < -0.4 is 14.5 Å². The third kappa shape index (κ3) is 3.80. The summed E-state index contributed by atoms with van der Waals surface area (Å²) in [5.74, 6) is -2.40. The molecule has 0 spiro atoms. The van der Waals surface area contributed by atoms with Gasteiger partial charge in [0.05, 0.1) is 34.2 Å². The molecule has 8 heteroatoms. The molecular weight excluding hydrogens is 456 g/mol. The summed E-state index contributed by atoms with van der Waals surface area (Å²) in [5, 5.41) is 0.433. The number of hydrogen-bond acceptors (Lipinski definition) is 5. The highest BCUT2D eigenvalue weighted by molar-refractivity contribution is 6.34. The average molecular weight is 479 g/mol. The number of benzene rings is 2. The van der Waals surface area contributed by atoms with E-state index in [0.29, 0.717) is 22.8 Å². The summed E-state index contributed by atoms with van der Waals surface area (Å²) in [5.41, 5.74) is 0.935. The van der Waals surface area contributed by atoms with Crippen LogP contribution in [0.1, 0.15) is 19.8 Å². The SMILES string of the molecule is C[C@@H]1C=CC[C@@H]2C(=O)N(c3cccc(OC(=O)[C@H]4CC(=O)N(c5ccccc5Cl)C4)c3)C(=O)[C@@H]12. The molecule has 34 heavy (non-hydrogen) atoms. The Kier molecular flexibility index (Phi) is 5.73. The zero-order chi connectivity index (χ0) is 24.0. The van der Waals surface area contributed by atoms with Gasteiger partial charge in [-0.3, -0.25) is 19.2 Å². The van der Waals surface area contributed by atoms with E-state index in [2.05, 4.69) is 0 Å². The van der Waals surface area contributed by atoms with Crippen LogP contribution in [-0.4, -0.2) is 30.2 Å². The number of anilines is 2. The van der Waals surface area contributed by atoms with Crippen molar-refractivity contribution in [3.63, 3.8) is 0 Å². The molecule has 0 radical (unpaired) electrons. The number of fused-ring (bicyclic) bond motifs is 1. The van der Waals surface area contributed by atoms with Gasteiger partial charge >= 0.3 is 5.97 Å². The van der Waals surface area contributed by atoms with Crippen LogP contribution in [0.2, 0.25) is 5.02 Å². The number of halogens is 1. The molecule has 2 aromatic rings. The summed E-state index contributed by atoms with van der Waals surface area (Å²) in [4.78, 5) is 54.1. The van der Waals surface area contributed by atoms with Crippen molar-refractivity contribution < 1.29 is 23.9 Å². The second-order valence-electron chi connectivity index (χ2n) is 8.94. The summed E-state index contributed by atoms with van der Waals surface area (Å²) in [6.07, 6.45) is 4.49. The molecule has 3 aliphatic rings. The van der Waals surface area contributed by atoms with E-state index in [0.717, 1.165) is 0 Å². The molecule has 2 fully saturated rings. The molecule has 174 valence electrons. The summed E-state index contributed by atoms with van der Waals surface area (Å²) >= 11 is 6.21. The number of allylic oxidation sites excluding steroid dienone is 2. The highest BCUT2D eigenvalue weighted by Gasteiger charge is 2.50. The summed E-state index contributed by atoms with van der Waals surface area (Å²) in [6, 6.07) is 13.4. The molecule has 2 aromatic carbocycles. The summed E-state index contributed by atoms with van der Waals surface area (Å²) in [6.45, 7) is 2.10. The maximum atomic E-state index is 13.0. The van der Waals surface area contributed by atoms with Gasteiger partial charge in [0, 0.05) is 19.0 Å². The molecule has 2 saturated heterocycles. The van der Waals surface area contributed by atoms with E-state index < -0.39 is 11.9 Å². The first-order valence-electron chi connectivity index (χ1n) is 11.3. The quantitative estimate of drug-likeness (QED) is 0.287. The first-order chi connectivity index (χ1) is 16.3. The minimum absolute atomic E-state index is 0.0119. The second kappa shape index (κ2) is 8.72. The lowest BCUT2D eigenvalue weighted by Crippen LogP contribution is -2.31. The van der Waals surface area contributed by atoms with E-state index in [-0.39, 0.29) is 54.2 Å². The van der Waals surface area contributed by atoms with Gasteiger partial charge in [-0.2, -0.15) is 0 Å². The average Bonchev–Trinajstić information content (AvgIpc) is 3.32. The number of carbonyl (C=O) groups excluding carboxylic acids is 4. The molecular formula is C26H23ClN2O5. The van der Waals surface area contributed by atoms with Gasteiger partial charge in [-0.05, 0) is 36.6 Å². The van der Waals surface area contributed by atoms with Crippen LogP contribution in [0.4, 0.5) is 11.4 Å². The molecule has 5 rings (SSSR count). The van der Waals surface area contributed by atoms with Gasteiger partial charge in [0.2, 0.25) is 17.7 Å². The number of esters is 1. The molecule has 4 atom stereocenters. The lowest BCUT2D eigenvalue weighted by molar-refractivity contribution is -0.139. The van der Waals surface area contributed by atoms with Gasteiger partial charge in [0.1, 0.15) is 5.75 Å². The molecule has 2 aliphatic heterocycles. The molecule has 2 heterocycles. The predicted octanol–water partition coefficient (Wildman–Crippen LogP) is 4.00. The standard InChI is InChI=1S/C26H23ClN2O5/c1-15-6-4-9-19-23(15)25(32)29(24(19)31)17-7-5-8-18(13-17)34-26(33)16-12-22(30)28(14-16)21-11-3-2-10-20(21)27/h2-8,10-11,13,15-16,19,23H,9,12,14H2,1H3/t15-,16+,19+,23+/m1/s1. The first-order valence-corrected chi connectivity index (χ1v) is 11.6. The van der Waals surface area contributed by atoms with E-state index in [9.17, 15) is 19.2 Å². The second-order valence-corrected chi connectivity index (χ2v) is 9.35. The van der Waals surface area contributed by atoms with E-state index in [1.54, 1.807) is 42.5 Å². The number of ether oxygens (including phenoxy) is 1. The largest absolute Gasteiger partial charge is 0.426 e. The lowest BCUT2D eigenvalue weighted by atomic mass is 9.78. The molecule has 0 saturated carbocycles. The van der Waals surface area contributed by atoms with Crippen molar-refractivity contribution in [2.75, 3.05) is 16.3 Å². The summed E-state index contributed by atoms with van der Waals surface area (Å²) < 4.78 is 5.56. The van der Waals surface area contributed by atoms with Crippen molar-refractivity contribution in [2.45, 2.75) is 19.8 Å². The normalized spacial score (nSPS) is 26.2. The predicted molar refractivity (Wildman–Crippen MR) is 126 cm³/mol. The van der Waals surface area contributed by atoms with Gasteiger partial charge in [0.15, 0.2) is 0 Å². The topological polar surface area (TPSA) is 84.0 Å². The van der Waals surface area contributed by atoms with Crippen molar-refractivity contribution >= 4 is 46.7 Å². The maximum absolute atomic E-state index is 13.0. The van der Waals surface area contributed by atoms with E-state index in [1.807, 2.05) is 19.1 Å². The molecule has 7 nitrogen and oxygen atoms in total. The van der Waals surface area contributed by atoms with E-state index >= 15 is 0 Å². The zero-order valence-corrected chi connectivity index (χ0v) is 19.3. The minimum Gasteiger partial charge on any atom is -0.426 e. The van der Waals surface area contributed by atoms with Crippen LogP contribution in [-0.2, 0) is 19.2 Å². The molecule has 0 bridgehead atoms. The molecule has 0 aromatic heterocycles. The Balaban J connectivity index is 1.31. The van der Waals surface area contributed by atoms with Crippen LogP contribution in [0.3, 0.4) is 0 Å². The van der Waals surface area contributed by atoms with Crippen LogP contribution in [0.25, 0.3) is 0 Å². The highest BCUT2D eigenvalue weighted by Crippen LogP contribution is 2.41. The molecule has 0 unspecified atom stereocenters. The molecule has 3 amide bonds. The van der Waals surface area contributed by atoms with Crippen LogP contribution in [0.15, 0.2) is 60.7 Å². The maximum Gasteiger partial charge on any atom is 0.316 e. The number of amides is 3. The Morgan fingerprint density at radius 3 is 2.62 bits per heavy atom. The smallest absolute Gasteiger partial charge is 0.316 e. The van der Waals surface area contributed by atoms with Crippen LogP contribution in [0.5, 0.6) is 5.75 Å². The third-order valence-corrected chi connectivity index (χ3v) is 7.09. The van der Waals surface area contributed by atoms with Crippen LogP contribution in [0, 0.1) is 23.7 Å². The number of nitrogens with zero attached hydrogens (tertiary/aromatic N) is 2. The third-order valence-electron chi connectivity index (χ3n) is 6.77. The lowest BCUT2D eigenvalue weighted by Gasteiger charge is -2.22. The number of para-hydroxylation sites is 1. The van der Waals surface area contributed by atoms with E-state index in [4.69, 9.17) is 16.3 Å². The van der Waals surface area contributed by atoms with Crippen molar-refractivity contribution in [1.82, 2.24) is 0 Å². The van der Waals surface area contributed by atoms with Crippen molar-refractivity contribution in [2.24, 2.45) is 23.7 Å². The number of imide groups is 1. The number of hydrogen-bond donors (Lipinski definition) is 0. The van der Waals surface area contributed by atoms with Crippen LogP contribution >= 0.6 is 11.6 Å². The Labute approximate surface area is 201 Å². The van der Waals surface area contributed by atoms with Gasteiger partial charge in [0.25, 0.3) is 0 Å². The fourth-order valence-electron chi connectivity index (χ4n) is 5.06. The minimum atomic E-state index is -0.655.